The normalized spacial score (nSPS) is 15.1. The number of aromatic nitrogens is 6. The molecule has 4 aromatic heterocycles. The van der Waals surface area contributed by atoms with E-state index in [1.165, 1.54) is 36.7 Å². The van der Waals surface area contributed by atoms with Gasteiger partial charge in [0.2, 0.25) is 0 Å². The number of amidine groups is 2. The lowest BCUT2D eigenvalue weighted by molar-refractivity contribution is 0.0827. The minimum absolute atomic E-state index is 0.0243. The smallest absolute Gasteiger partial charge is 0.172 e. The lowest BCUT2D eigenvalue weighted by atomic mass is 9.88. The van der Waals surface area contributed by atoms with Gasteiger partial charge in [-0.25, -0.2) is 34.7 Å². The Morgan fingerprint density at radius 3 is 1.58 bits per heavy atom. The van der Waals surface area contributed by atoms with Crippen molar-refractivity contribution in [3.05, 3.63) is 104 Å². The van der Waals surface area contributed by atoms with Crippen LogP contribution in [0.4, 0.5) is 20.4 Å². The van der Waals surface area contributed by atoms with Crippen LogP contribution in [-0.4, -0.2) is 66.1 Å². The van der Waals surface area contributed by atoms with Gasteiger partial charge in [0.15, 0.2) is 23.0 Å². The molecule has 8 rings (SSSR count). The number of anilines is 2. The Kier molecular flexibility index (Phi) is 12.9. The predicted molar refractivity (Wildman–Crippen MR) is 242 cm³/mol. The zero-order valence-electron chi connectivity index (χ0n) is 35.0. The molecule has 6 heterocycles. The van der Waals surface area contributed by atoms with E-state index in [1.807, 2.05) is 0 Å². The maximum absolute atomic E-state index is 13.7. The molecule has 0 saturated carbocycles. The molecule has 20 heteroatoms. The van der Waals surface area contributed by atoms with Crippen molar-refractivity contribution >= 4 is 81.0 Å². The van der Waals surface area contributed by atoms with E-state index < -0.39 is 11.6 Å². The number of nitrogens with zero attached hydrogens (tertiary/aromatic N) is 8. The molecule has 0 saturated heterocycles. The van der Waals surface area contributed by atoms with Crippen LogP contribution in [0.5, 0.6) is 0 Å². The number of hydrogen-bond donors (Lipinski definition) is 4. The highest BCUT2D eigenvalue weighted by Gasteiger charge is 2.29. The number of rotatable bonds is 8. The van der Waals surface area contributed by atoms with Gasteiger partial charge in [-0.2, -0.15) is 19.2 Å². The summed E-state index contributed by atoms with van der Waals surface area (Å²) in [5.41, 5.74) is 9.80. The molecule has 2 atom stereocenters. The molecule has 6 aromatic rings. The van der Waals surface area contributed by atoms with Gasteiger partial charge < -0.3 is 15.5 Å². The Morgan fingerprint density at radius 2 is 1.18 bits per heavy atom. The zero-order valence-corrected chi connectivity index (χ0v) is 38.0. The summed E-state index contributed by atoms with van der Waals surface area (Å²) >= 11 is 26.1. The van der Waals surface area contributed by atoms with Gasteiger partial charge in [-0.3, -0.25) is 9.83 Å². The number of hydrogen-bond acceptors (Lipinski definition) is 12. The third-order valence-corrected chi connectivity index (χ3v) is 11.7. The van der Waals surface area contributed by atoms with Crippen LogP contribution in [0.15, 0.2) is 71.2 Å². The highest BCUT2D eigenvalue weighted by Crippen LogP contribution is 2.42. The molecule has 2 aromatic carbocycles. The molecule has 0 unspecified atom stereocenters. The molecule has 4 N–H and O–H groups in total. The molecule has 0 radical (unpaired) electrons. The SMILES string of the molecule is C[C@@H](Nc1c(-c2ccc(F)cc2Cl)c(Cl)nc2c(C3=NC=CON3)cnn12)C(C)(C)C.C[C@@H](Nc1c(-c2ccc(F)cc2Cl)c(Cl)nc2c(C3=NCCON3)cnn12)C(C)(C)C. The van der Waals surface area contributed by atoms with E-state index in [0.29, 0.717) is 81.1 Å². The molecule has 0 amide bonds. The summed E-state index contributed by atoms with van der Waals surface area (Å²) in [6, 6.07) is 8.39. The van der Waals surface area contributed by atoms with Crippen molar-refractivity contribution in [1.82, 2.24) is 40.2 Å². The molecule has 0 aliphatic carbocycles. The molecule has 0 spiro atoms. The van der Waals surface area contributed by atoms with Crippen LogP contribution in [0, 0.1) is 22.5 Å². The molecule has 2 aliphatic rings. The van der Waals surface area contributed by atoms with E-state index in [4.69, 9.17) is 56.1 Å². The summed E-state index contributed by atoms with van der Waals surface area (Å²) in [4.78, 5) is 28.3. The van der Waals surface area contributed by atoms with Gasteiger partial charge in [0.05, 0.1) is 64.0 Å². The largest absolute Gasteiger partial charge is 0.387 e. The molecule has 326 valence electrons. The topological polar surface area (TPSA) is 152 Å². The highest BCUT2D eigenvalue weighted by molar-refractivity contribution is 6.37. The second-order valence-corrected chi connectivity index (χ2v) is 18.2. The summed E-state index contributed by atoms with van der Waals surface area (Å²) in [5, 5.41) is 17.0. The van der Waals surface area contributed by atoms with Gasteiger partial charge in [-0.15, -0.1) is 0 Å². The number of nitrogens with one attached hydrogen (secondary N) is 4. The second-order valence-electron chi connectivity index (χ2n) is 16.7. The van der Waals surface area contributed by atoms with Gasteiger partial charge in [-0.05, 0) is 61.1 Å². The number of hydroxylamine groups is 2. The summed E-state index contributed by atoms with van der Waals surface area (Å²) in [5.74, 6) is 1.31. The average Bonchev–Trinajstić information content (AvgIpc) is 3.84. The third kappa shape index (κ3) is 9.25. The van der Waals surface area contributed by atoms with Crippen LogP contribution in [0.2, 0.25) is 20.4 Å². The van der Waals surface area contributed by atoms with Crippen molar-refractivity contribution < 1.29 is 18.5 Å². The first-order valence-corrected chi connectivity index (χ1v) is 21.0. The molecule has 2 aliphatic heterocycles. The minimum atomic E-state index is -0.438. The van der Waals surface area contributed by atoms with Crippen LogP contribution in [0.3, 0.4) is 0 Å². The van der Waals surface area contributed by atoms with E-state index in [1.54, 1.807) is 33.6 Å². The lowest BCUT2D eigenvalue weighted by Crippen LogP contribution is -2.32. The highest BCUT2D eigenvalue weighted by atomic mass is 35.5. The molecule has 0 fully saturated rings. The van der Waals surface area contributed by atoms with E-state index in [-0.39, 0.29) is 43.3 Å². The van der Waals surface area contributed by atoms with Crippen LogP contribution in [0.1, 0.15) is 66.5 Å². The lowest BCUT2D eigenvalue weighted by Gasteiger charge is -2.30. The molecular formula is C42H44Cl4F2N12O2. The fourth-order valence-electron chi connectivity index (χ4n) is 6.11. The monoisotopic (exact) mass is 926 g/mol. The van der Waals surface area contributed by atoms with Crippen LogP contribution >= 0.6 is 46.4 Å². The quantitative estimate of drug-likeness (QED) is 0.109. The fraction of sp³-hybridized carbons (Fsp3) is 0.333. The van der Waals surface area contributed by atoms with Gasteiger partial charge in [0, 0.05) is 23.2 Å². The number of fused-ring (bicyclic) bond motifs is 2. The minimum Gasteiger partial charge on any atom is -0.387 e. The summed E-state index contributed by atoms with van der Waals surface area (Å²) in [7, 11) is 0. The summed E-state index contributed by atoms with van der Waals surface area (Å²) in [6.45, 7) is 17.9. The fourth-order valence-corrected chi connectivity index (χ4v) is 7.17. The van der Waals surface area contributed by atoms with Crippen LogP contribution in [0.25, 0.3) is 33.5 Å². The van der Waals surface area contributed by atoms with Crippen LogP contribution < -0.4 is 21.6 Å². The first-order chi connectivity index (χ1) is 29.3. The molecule has 62 heavy (non-hydrogen) atoms. The molecule has 14 nitrogen and oxygen atoms in total. The van der Waals surface area contributed by atoms with Crippen molar-refractivity contribution in [2.75, 3.05) is 23.8 Å². The Morgan fingerprint density at radius 1 is 0.694 bits per heavy atom. The van der Waals surface area contributed by atoms with Gasteiger partial charge >= 0.3 is 0 Å². The maximum Gasteiger partial charge on any atom is 0.172 e. The first-order valence-electron chi connectivity index (χ1n) is 19.5. The second kappa shape index (κ2) is 17.8. The van der Waals surface area contributed by atoms with Gasteiger partial charge in [0.1, 0.15) is 39.8 Å². The summed E-state index contributed by atoms with van der Waals surface area (Å²) < 4.78 is 30.7. The van der Waals surface area contributed by atoms with Crippen molar-refractivity contribution in [2.45, 2.75) is 67.5 Å². The van der Waals surface area contributed by atoms with E-state index >= 15 is 0 Å². The number of halogens is 6. The predicted octanol–water partition coefficient (Wildman–Crippen LogP) is 10.4. The van der Waals surface area contributed by atoms with Crippen molar-refractivity contribution in [3.63, 3.8) is 0 Å². The Bertz CT molecular complexity index is 2760. The number of aliphatic imine (C=N–C) groups is 2. The molecule has 0 bridgehead atoms. The maximum atomic E-state index is 13.7. The average molecular weight is 929 g/mol. The standard InChI is InChI=1S/C21H23Cl2FN6O.C21H21Cl2FN6O/c2*1-11(21(2,3)4)27-20-16(13-6-5-12(24)9-15(13)22)17(23)28-19-14(10-26-30(19)20)18-25-7-8-31-29-18/h5-6,9-11,27H,7-8H2,1-4H3,(H,25,29);5-11,27H,1-4H3,(H,25,29)/t2*11-/m11/s1. The van der Waals surface area contributed by atoms with Crippen molar-refractivity contribution in [3.8, 4) is 22.3 Å². The van der Waals surface area contributed by atoms with E-state index in [0.717, 1.165) is 0 Å². The van der Waals surface area contributed by atoms with Gasteiger partial charge in [0.25, 0.3) is 0 Å². The van der Waals surface area contributed by atoms with E-state index in [9.17, 15) is 8.78 Å². The Hall–Kier alpha value is -5.26. The third-order valence-electron chi connectivity index (χ3n) is 10.5. The first kappa shape index (κ1) is 44.8. The summed E-state index contributed by atoms with van der Waals surface area (Å²) in [6.07, 6.45) is 6.21. The Balaban J connectivity index is 0.000000186. The van der Waals surface area contributed by atoms with E-state index in [2.05, 4.69) is 107 Å². The zero-order chi connectivity index (χ0) is 44.7. The Labute approximate surface area is 376 Å². The van der Waals surface area contributed by atoms with Crippen molar-refractivity contribution in [1.29, 1.82) is 0 Å². The van der Waals surface area contributed by atoms with Crippen molar-refractivity contribution in [2.24, 2.45) is 20.8 Å². The van der Waals surface area contributed by atoms with Crippen LogP contribution in [-0.2, 0) is 9.68 Å². The number of benzene rings is 2. The molecular weight excluding hydrogens is 884 g/mol. The van der Waals surface area contributed by atoms with Gasteiger partial charge in [-0.1, -0.05) is 87.9 Å².